The molecule has 0 bridgehead atoms. The van der Waals surface area contributed by atoms with Crippen LogP contribution in [0.2, 0.25) is 0 Å². The van der Waals surface area contributed by atoms with Crippen LogP contribution >= 0.6 is 0 Å². The SMILES string of the molecule is C[C@]12CC[C@H](O)C[C@H]1CC[C@@H]1[C@@H]2CC[C@]2(C)[C@@H](c3ccc(=O)oc3)C[C@H]3O[C@]132.O=C[C@H](O)[C@@H](O)[C@H](O)[C@H](O)CO. The predicted octanol–water partition coefficient (Wildman–Crippen LogP) is 0.879. The van der Waals surface area contributed by atoms with Gasteiger partial charge in [-0.25, -0.2) is 4.79 Å². The molecule has 6 rings (SSSR count). The minimum absolute atomic E-state index is 0.0258. The molecule has 1 saturated heterocycles. The van der Waals surface area contributed by atoms with E-state index < -0.39 is 31.0 Å². The Balaban J connectivity index is 0.000000230. The van der Waals surface area contributed by atoms with E-state index in [9.17, 15) is 14.7 Å². The largest absolute Gasteiger partial charge is 0.431 e. The van der Waals surface area contributed by atoms with Crippen molar-refractivity contribution in [3.05, 3.63) is 34.4 Å². The molecule has 2 heterocycles. The van der Waals surface area contributed by atoms with Crippen molar-refractivity contribution in [2.45, 2.75) is 113 Å². The molecule has 224 valence electrons. The first kappa shape index (κ1) is 29.8. The van der Waals surface area contributed by atoms with Crippen LogP contribution in [-0.4, -0.2) is 85.8 Å². The normalized spacial score (nSPS) is 44.3. The van der Waals surface area contributed by atoms with Crippen LogP contribution in [0.4, 0.5) is 0 Å². The molecule has 4 saturated carbocycles. The number of aliphatic hydroxyl groups is 6. The summed E-state index contributed by atoms with van der Waals surface area (Å²) in [7, 11) is 0. The Hall–Kier alpha value is -1.66. The van der Waals surface area contributed by atoms with Crippen molar-refractivity contribution in [2.24, 2.45) is 28.6 Å². The third-order valence-electron chi connectivity index (χ3n) is 11.6. The van der Waals surface area contributed by atoms with E-state index in [1.54, 1.807) is 12.3 Å². The highest BCUT2D eigenvalue weighted by Crippen LogP contribution is 2.77. The molecule has 6 N–H and O–H groups in total. The number of ether oxygens (including phenoxy) is 1. The molecule has 5 fully saturated rings. The van der Waals surface area contributed by atoms with Crippen LogP contribution < -0.4 is 5.63 Å². The summed E-state index contributed by atoms with van der Waals surface area (Å²) >= 11 is 0. The molecule has 0 amide bonds. The number of aliphatic hydroxyl groups excluding tert-OH is 6. The summed E-state index contributed by atoms with van der Waals surface area (Å²) in [6.07, 6.45) is 4.31. The van der Waals surface area contributed by atoms with Gasteiger partial charge in [-0.05, 0) is 92.1 Å². The van der Waals surface area contributed by atoms with Gasteiger partial charge in [-0.15, -0.1) is 0 Å². The molecule has 1 aromatic heterocycles. The molecule has 13 atom stereocenters. The van der Waals surface area contributed by atoms with Gasteiger partial charge in [-0.2, -0.15) is 0 Å². The van der Waals surface area contributed by atoms with E-state index in [0.717, 1.165) is 25.2 Å². The minimum Gasteiger partial charge on any atom is -0.431 e. The summed E-state index contributed by atoms with van der Waals surface area (Å²) in [5.74, 6) is 2.48. The zero-order chi connectivity index (χ0) is 29.0. The summed E-state index contributed by atoms with van der Waals surface area (Å²) in [5.41, 5.74) is 1.44. The van der Waals surface area contributed by atoms with Crippen LogP contribution in [0, 0.1) is 28.6 Å². The number of hydrogen-bond acceptors (Lipinski definition) is 10. The lowest BCUT2D eigenvalue weighted by atomic mass is 9.44. The summed E-state index contributed by atoms with van der Waals surface area (Å²) in [4.78, 5) is 21.3. The van der Waals surface area contributed by atoms with Crippen LogP contribution in [0.25, 0.3) is 0 Å². The van der Waals surface area contributed by atoms with Crippen molar-refractivity contribution in [2.75, 3.05) is 6.61 Å². The molecule has 0 aromatic carbocycles. The fourth-order valence-corrected chi connectivity index (χ4v) is 9.36. The van der Waals surface area contributed by atoms with Crippen LogP contribution in [0.1, 0.15) is 76.7 Å². The Morgan fingerprint density at radius 1 is 1.00 bits per heavy atom. The lowest BCUT2D eigenvalue weighted by molar-refractivity contribution is -0.139. The van der Waals surface area contributed by atoms with Gasteiger partial charge < -0.3 is 44.6 Å². The van der Waals surface area contributed by atoms with Crippen molar-refractivity contribution in [3.8, 4) is 0 Å². The van der Waals surface area contributed by atoms with Crippen LogP contribution in [0.3, 0.4) is 0 Å². The molecule has 40 heavy (non-hydrogen) atoms. The standard InChI is InChI=1S/C24H32O4.C6H12O6/c1-22-9-7-16(25)11-15(22)4-5-18-17(22)8-10-23(2)19(12-20-24(18,23)28-20)14-3-6-21(26)27-13-14;7-1-3(9)5(11)6(12)4(10)2-8/h3,6,13,15-20,25H,4-5,7-12H2,1-2H3;1,3-6,8-12H,2H2/t15-,16+,17+,18-,19-,20-,22+,23-,24-;3-,4+,5+,6+/m10/s1. The molecule has 1 spiro atoms. The lowest BCUT2D eigenvalue weighted by Crippen LogP contribution is -2.58. The average Bonchev–Trinajstić information content (AvgIpc) is 3.62. The number of carbonyl (C=O) groups is 1. The Labute approximate surface area is 234 Å². The first-order valence-corrected chi connectivity index (χ1v) is 14.7. The Bertz CT molecular complexity index is 1100. The molecule has 5 aliphatic rings. The van der Waals surface area contributed by atoms with Gasteiger partial charge in [-0.1, -0.05) is 13.8 Å². The number of hydrogen-bond donors (Lipinski definition) is 6. The molecular formula is C30H44O10. The van der Waals surface area contributed by atoms with E-state index >= 15 is 0 Å². The second-order valence-electron chi connectivity index (χ2n) is 13.3. The van der Waals surface area contributed by atoms with Gasteiger partial charge in [0, 0.05) is 11.5 Å². The van der Waals surface area contributed by atoms with E-state index in [2.05, 4.69) is 13.8 Å². The smallest absolute Gasteiger partial charge is 0.335 e. The monoisotopic (exact) mass is 564 g/mol. The number of rotatable bonds is 6. The van der Waals surface area contributed by atoms with Gasteiger partial charge in [0.25, 0.3) is 0 Å². The van der Waals surface area contributed by atoms with E-state index in [-0.39, 0.29) is 29.0 Å². The van der Waals surface area contributed by atoms with Crippen molar-refractivity contribution in [1.29, 1.82) is 0 Å². The quantitative estimate of drug-likeness (QED) is 0.214. The van der Waals surface area contributed by atoms with E-state index in [0.29, 0.717) is 29.3 Å². The fourth-order valence-electron chi connectivity index (χ4n) is 9.36. The zero-order valence-electron chi connectivity index (χ0n) is 23.3. The molecular weight excluding hydrogens is 520 g/mol. The maximum Gasteiger partial charge on any atom is 0.335 e. The van der Waals surface area contributed by atoms with Crippen molar-refractivity contribution < 1.29 is 44.6 Å². The van der Waals surface area contributed by atoms with Gasteiger partial charge >= 0.3 is 5.63 Å². The number of carbonyl (C=O) groups excluding carboxylic acids is 1. The van der Waals surface area contributed by atoms with Gasteiger partial charge in [0.15, 0.2) is 6.29 Å². The third kappa shape index (κ3) is 4.60. The highest BCUT2D eigenvalue weighted by atomic mass is 16.6. The van der Waals surface area contributed by atoms with Crippen LogP contribution in [0.15, 0.2) is 27.6 Å². The molecule has 4 aliphatic carbocycles. The van der Waals surface area contributed by atoms with Crippen molar-refractivity contribution in [1.82, 2.24) is 0 Å². The molecule has 10 nitrogen and oxygen atoms in total. The first-order valence-electron chi connectivity index (χ1n) is 14.7. The minimum atomic E-state index is -1.79. The molecule has 0 unspecified atom stereocenters. The maximum absolute atomic E-state index is 11.4. The first-order chi connectivity index (χ1) is 18.9. The number of fused-ring (bicyclic) bond motifs is 3. The topological polar surface area (TPSA) is 181 Å². The van der Waals surface area contributed by atoms with Crippen molar-refractivity contribution >= 4 is 6.29 Å². The molecule has 1 aliphatic heterocycles. The van der Waals surface area contributed by atoms with E-state index in [1.807, 2.05) is 6.07 Å². The van der Waals surface area contributed by atoms with Gasteiger partial charge in [0.05, 0.1) is 25.1 Å². The number of epoxide rings is 1. The third-order valence-corrected chi connectivity index (χ3v) is 11.6. The summed E-state index contributed by atoms with van der Waals surface area (Å²) in [5, 5.41) is 53.8. The van der Waals surface area contributed by atoms with Gasteiger partial charge in [0.2, 0.25) is 0 Å². The Kier molecular flexibility index (Phi) is 8.11. The van der Waals surface area contributed by atoms with Gasteiger partial charge in [0.1, 0.15) is 30.0 Å². The molecule has 1 aromatic rings. The van der Waals surface area contributed by atoms with Crippen LogP contribution in [0.5, 0.6) is 0 Å². The molecule has 10 heteroatoms. The highest BCUT2D eigenvalue weighted by molar-refractivity contribution is 5.56. The Morgan fingerprint density at radius 2 is 1.75 bits per heavy atom. The summed E-state index contributed by atoms with van der Waals surface area (Å²) < 4.78 is 11.8. The van der Waals surface area contributed by atoms with Crippen LogP contribution in [-0.2, 0) is 9.53 Å². The summed E-state index contributed by atoms with van der Waals surface area (Å²) in [6, 6.07) is 3.55. The fraction of sp³-hybridized carbons (Fsp3) is 0.800. The maximum atomic E-state index is 11.4. The van der Waals surface area contributed by atoms with E-state index in [4.69, 9.17) is 34.7 Å². The highest BCUT2D eigenvalue weighted by Gasteiger charge is 2.80. The zero-order valence-corrected chi connectivity index (χ0v) is 23.3. The average molecular weight is 565 g/mol. The Morgan fingerprint density at radius 3 is 2.40 bits per heavy atom. The second-order valence-corrected chi connectivity index (χ2v) is 13.3. The second kappa shape index (κ2) is 10.9. The van der Waals surface area contributed by atoms with Gasteiger partial charge in [-0.3, -0.25) is 0 Å². The molecule has 0 radical (unpaired) electrons. The van der Waals surface area contributed by atoms with Crippen molar-refractivity contribution in [3.63, 3.8) is 0 Å². The summed E-state index contributed by atoms with van der Waals surface area (Å²) in [6.45, 7) is 4.21. The lowest BCUT2D eigenvalue weighted by Gasteiger charge is -2.61. The number of aldehydes is 1. The van der Waals surface area contributed by atoms with E-state index in [1.165, 1.54) is 37.7 Å². The predicted molar refractivity (Wildman–Crippen MR) is 142 cm³/mol.